The molecule has 54 heavy (non-hydrogen) atoms. The van der Waals surface area contributed by atoms with E-state index in [9.17, 15) is 9.90 Å². The van der Waals surface area contributed by atoms with Crippen LogP contribution in [0.15, 0.2) is 91.0 Å². The summed E-state index contributed by atoms with van der Waals surface area (Å²) in [5.74, 6) is 0.848. The normalized spacial score (nSPS) is 17.6. The molecule has 0 saturated carbocycles. The van der Waals surface area contributed by atoms with Crippen LogP contribution in [0, 0.1) is 0 Å². The lowest BCUT2D eigenvalue weighted by Gasteiger charge is -2.41. The van der Waals surface area contributed by atoms with Crippen molar-refractivity contribution in [3.8, 4) is 34.4 Å². The zero-order chi connectivity index (χ0) is 36.8. The predicted molar refractivity (Wildman–Crippen MR) is 203 cm³/mol. The van der Waals surface area contributed by atoms with Crippen molar-refractivity contribution >= 4 is 34.8 Å². The number of nitrogens with one attached hydrogen (secondary N) is 1. The van der Waals surface area contributed by atoms with Gasteiger partial charge in [0, 0.05) is 54.2 Å². The molecule has 5 heterocycles. The molecule has 1 atom stereocenters. The van der Waals surface area contributed by atoms with Gasteiger partial charge in [0.15, 0.2) is 11.5 Å². The fraction of sp³-hybridized carbons (Fsp3) is 0.268. The first-order valence-corrected chi connectivity index (χ1v) is 18.4. The number of fused-ring (bicyclic) bond motifs is 3. The Kier molecular flexibility index (Phi) is 9.01. The maximum absolute atomic E-state index is 15.2. The predicted octanol–water partition coefficient (Wildman–Crippen LogP) is 6.06. The lowest BCUT2D eigenvalue weighted by atomic mass is 9.91. The summed E-state index contributed by atoms with van der Waals surface area (Å²) in [6.07, 6.45) is 0.610. The van der Waals surface area contributed by atoms with Gasteiger partial charge in [0.2, 0.25) is 12.7 Å². The van der Waals surface area contributed by atoms with Crippen LogP contribution in [0.2, 0.25) is 5.02 Å². The number of hydrogen-bond donors (Lipinski definition) is 2. The van der Waals surface area contributed by atoms with Crippen molar-refractivity contribution in [2.45, 2.75) is 19.0 Å². The summed E-state index contributed by atoms with van der Waals surface area (Å²) in [6.45, 7) is 4.74. The maximum atomic E-state index is 15.2. The van der Waals surface area contributed by atoms with E-state index in [1.54, 1.807) is 46.0 Å². The van der Waals surface area contributed by atoms with Crippen LogP contribution in [0.5, 0.6) is 23.1 Å². The number of carbonyl (C=O) groups excluding carboxylic acids is 2. The summed E-state index contributed by atoms with van der Waals surface area (Å²) >= 11 is 6.74. The molecule has 13 heteroatoms. The van der Waals surface area contributed by atoms with Crippen LogP contribution in [0.1, 0.15) is 31.8 Å². The standard InChI is InChI=1S/C41H38ClN5O7/c42-35-8-4-5-26-23-45(29(19-31(26)35)24-44-14-17-51-18-15-44)39(49)33-22-38-37(53-25-54-38)21-32(33)36-20-34(41-47(36)43-13-16-52-41)40(50)46(27-6-2-1-3-7-27)28-9-11-30(48)12-10-28/h1-12,20-22,29,43,48H,13-19,23-25H2/t29-/m0/s1. The number of ether oxygens (including phenoxy) is 4. The van der Waals surface area contributed by atoms with Gasteiger partial charge in [0.25, 0.3) is 11.8 Å². The number of phenols is 1. The summed E-state index contributed by atoms with van der Waals surface area (Å²) in [7, 11) is 0. The average Bonchev–Trinajstić information content (AvgIpc) is 3.83. The zero-order valence-corrected chi connectivity index (χ0v) is 30.1. The molecule has 1 saturated heterocycles. The van der Waals surface area contributed by atoms with Gasteiger partial charge >= 0.3 is 0 Å². The molecule has 0 spiro atoms. The third-order valence-electron chi connectivity index (χ3n) is 10.4. The number of aromatic hydroxyl groups is 1. The molecule has 1 aromatic heterocycles. The van der Waals surface area contributed by atoms with Crippen molar-refractivity contribution in [3.63, 3.8) is 0 Å². The molecule has 0 bridgehead atoms. The Hall–Kier alpha value is -5.69. The third kappa shape index (κ3) is 6.25. The van der Waals surface area contributed by atoms with Gasteiger partial charge in [-0.05, 0) is 78.2 Å². The zero-order valence-electron chi connectivity index (χ0n) is 29.4. The number of halogens is 1. The minimum atomic E-state index is -0.352. The average molecular weight is 748 g/mol. The minimum Gasteiger partial charge on any atom is -0.508 e. The Bertz CT molecular complexity index is 2220. The number of para-hydroxylation sites is 1. The Balaban J connectivity index is 1.15. The van der Waals surface area contributed by atoms with Gasteiger partial charge in [-0.15, -0.1) is 0 Å². The smallest absolute Gasteiger partial charge is 0.268 e. The molecular formula is C41H38ClN5O7. The van der Waals surface area contributed by atoms with Crippen LogP contribution in [0.25, 0.3) is 11.3 Å². The Morgan fingerprint density at radius 2 is 1.61 bits per heavy atom. The SMILES string of the molecule is O=C(c1cc(-c2cc3c(cc2C(=O)N2Cc4cccc(Cl)c4C[C@H]2CN2CCOCC2)OCO3)n2c1OCCN2)N(c1ccccc1)c1ccc(O)cc1. The Morgan fingerprint density at radius 1 is 0.852 bits per heavy atom. The fourth-order valence-electron chi connectivity index (χ4n) is 7.74. The molecule has 0 aliphatic carbocycles. The number of rotatable bonds is 7. The van der Waals surface area contributed by atoms with Crippen molar-refractivity contribution in [2.24, 2.45) is 0 Å². The molecule has 4 aliphatic rings. The molecule has 276 valence electrons. The quantitative estimate of drug-likeness (QED) is 0.205. The highest BCUT2D eigenvalue weighted by Crippen LogP contribution is 2.43. The molecule has 0 radical (unpaired) electrons. The van der Waals surface area contributed by atoms with Crippen LogP contribution < -0.4 is 24.5 Å². The number of amides is 2. The largest absolute Gasteiger partial charge is 0.508 e. The van der Waals surface area contributed by atoms with E-state index in [1.165, 1.54) is 0 Å². The second-order valence-corrected chi connectivity index (χ2v) is 14.1. The molecule has 2 amide bonds. The highest BCUT2D eigenvalue weighted by molar-refractivity contribution is 6.31. The minimum absolute atomic E-state index is 0.0255. The van der Waals surface area contributed by atoms with E-state index in [1.807, 2.05) is 59.5 Å². The number of hydrogen-bond acceptors (Lipinski definition) is 9. The van der Waals surface area contributed by atoms with Gasteiger partial charge in [0.1, 0.15) is 17.9 Å². The number of nitrogens with zero attached hydrogens (tertiary/aromatic N) is 4. The van der Waals surface area contributed by atoms with Crippen LogP contribution >= 0.6 is 11.6 Å². The Morgan fingerprint density at radius 3 is 2.41 bits per heavy atom. The van der Waals surface area contributed by atoms with E-state index >= 15 is 4.79 Å². The lowest BCUT2D eigenvalue weighted by Crippen LogP contribution is -2.52. The van der Waals surface area contributed by atoms with Gasteiger partial charge in [-0.25, -0.2) is 4.68 Å². The molecular weight excluding hydrogens is 710 g/mol. The second-order valence-electron chi connectivity index (χ2n) is 13.7. The topological polar surface area (TPSA) is 118 Å². The van der Waals surface area contributed by atoms with Crippen LogP contribution in [0.4, 0.5) is 11.4 Å². The molecule has 9 rings (SSSR count). The highest BCUT2D eigenvalue weighted by Gasteiger charge is 2.37. The molecule has 4 aromatic carbocycles. The van der Waals surface area contributed by atoms with E-state index < -0.39 is 0 Å². The number of phenolic OH excluding ortho intramolecular Hbond substituents is 1. The van der Waals surface area contributed by atoms with Gasteiger partial charge in [0.05, 0.1) is 31.0 Å². The summed E-state index contributed by atoms with van der Waals surface area (Å²) < 4.78 is 25.2. The van der Waals surface area contributed by atoms with Gasteiger partial charge in [-0.1, -0.05) is 41.9 Å². The number of carbonyl (C=O) groups is 2. The van der Waals surface area contributed by atoms with Gasteiger partial charge in [-0.3, -0.25) is 19.4 Å². The first kappa shape index (κ1) is 34.1. The first-order chi connectivity index (χ1) is 26.4. The summed E-state index contributed by atoms with van der Waals surface area (Å²) in [5.41, 5.74) is 8.45. The van der Waals surface area contributed by atoms with Crippen molar-refractivity contribution < 1.29 is 33.6 Å². The highest BCUT2D eigenvalue weighted by atomic mass is 35.5. The summed E-state index contributed by atoms with van der Waals surface area (Å²) in [5, 5.41) is 10.7. The molecule has 0 unspecified atom stereocenters. The summed E-state index contributed by atoms with van der Waals surface area (Å²) in [4.78, 5) is 35.8. The van der Waals surface area contributed by atoms with E-state index in [2.05, 4.69) is 10.3 Å². The maximum Gasteiger partial charge on any atom is 0.268 e. The van der Waals surface area contributed by atoms with E-state index in [0.29, 0.717) is 96.5 Å². The van der Waals surface area contributed by atoms with Crippen molar-refractivity contribution in [3.05, 3.63) is 118 Å². The number of benzene rings is 4. The van der Waals surface area contributed by atoms with Gasteiger partial charge < -0.3 is 34.4 Å². The molecule has 1 fully saturated rings. The van der Waals surface area contributed by atoms with Crippen molar-refractivity contribution in [1.82, 2.24) is 14.5 Å². The Labute approximate surface area is 316 Å². The molecule has 12 nitrogen and oxygen atoms in total. The number of morpholine rings is 1. The van der Waals surface area contributed by atoms with Crippen LogP contribution in [-0.2, 0) is 17.7 Å². The molecule has 4 aliphatic heterocycles. The number of anilines is 2. The fourth-order valence-corrected chi connectivity index (χ4v) is 8.01. The van der Waals surface area contributed by atoms with E-state index in [4.69, 9.17) is 30.5 Å². The van der Waals surface area contributed by atoms with Crippen molar-refractivity contribution in [1.29, 1.82) is 0 Å². The van der Waals surface area contributed by atoms with Crippen LogP contribution in [-0.4, -0.2) is 90.2 Å². The third-order valence-corrected chi connectivity index (χ3v) is 10.8. The van der Waals surface area contributed by atoms with E-state index in [-0.39, 0.29) is 36.0 Å². The second kappa shape index (κ2) is 14.3. The summed E-state index contributed by atoms with van der Waals surface area (Å²) in [6, 6.07) is 26.8. The molecule has 2 N–H and O–H groups in total. The van der Waals surface area contributed by atoms with Gasteiger partial charge in [-0.2, -0.15) is 0 Å². The number of aromatic nitrogens is 1. The lowest BCUT2D eigenvalue weighted by molar-refractivity contribution is 0.0193. The first-order valence-electron chi connectivity index (χ1n) is 18.1. The van der Waals surface area contributed by atoms with Crippen LogP contribution in [0.3, 0.4) is 0 Å². The monoisotopic (exact) mass is 747 g/mol. The van der Waals surface area contributed by atoms with Crippen molar-refractivity contribution in [2.75, 3.05) is 63.1 Å². The van der Waals surface area contributed by atoms with E-state index in [0.717, 1.165) is 24.2 Å². The molecule has 5 aromatic rings.